The Morgan fingerprint density at radius 2 is 1.92 bits per heavy atom. The second-order valence-corrected chi connectivity index (χ2v) is 5.72. The van der Waals surface area contributed by atoms with Crippen molar-refractivity contribution in [1.29, 1.82) is 0 Å². The molecule has 1 aromatic heterocycles. The molecule has 0 aliphatic rings. The standard InChI is InChI=1S/C18H26N4O2.ClH/c1-3-21(4-2)18(24)13-22-11-9-14-12-15(7-8-16(14)22)20-17(23)6-5-10-19;/h7-9,11-12H,3-6,10,13,19H2,1-2H3,(H,20,23);1H. The van der Waals surface area contributed by atoms with Crippen molar-refractivity contribution in [1.82, 2.24) is 9.47 Å². The summed E-state index contributed by atoms with van der Waals surface area (Å²) in [7, 11) is 0. The first-order chi connectivity index (χ1) is 11.6. The first-order valence-corrected chi connectivity index (χ1v) is 8.45. The van der Waals surface area contributed by atoms with Gasteiger partial charge in [-0.2, -0.15) is 0 Å². The van der Waals surface area contributed by atoms with Gasteiger partial charge in [0.1, 0.15) is 6.54 Å². The zero-order valence-corrected chi connectivity index (χ0v) is 15.6. The van der Waals surface area contributed by atoms with E-state index in [2.05, 4.69) is 5.32 Å². The molecule has 1 aromatic carbocycles. The number of halogens is 1. The Balaban J connectivity index is 0.00000312. The number of rotatable bonds is 8. The minimum Gasteiger partial charge on any atom is -0.342 e. The number of nitrogens with zero attached hydrogens (tertiary/aromatic N) is 2. The van der Waals surface area contributed by atoms with E-state index in [0.29, 0.717) is 39.0 Å². The van der Waals surface area contributed by atoms with Gasteiger partial charge in [-0.3, -0.25) is 9.59 Å². The van der Waals surface area contributed by atoms with Crippen molar-refractivity contribution in [2.75, 3.05) is 25.0 Å². The molecule has 0 saturated heterocycles. The molecule has 0 spiro atoms. The van der Waals surface area contributed by atoms with Crippen molar-refractivity contribution in [2.45, 2.75) is 33.2 Å². The van der Waals surface area contributed by atoms with Gasteiger partial charge in [0.05, 0.1) is 0 Å². The molecule has 0 aliphatic heterocycles. The number of likely N-dealkylation sites (N-methyl/N-ethyl adjacent to an activating group) is 1. The Kier molecular flexibility index (Phi) is 8.45. The van der Waals surface area contributed by atoms with Crippen molar-refractivity contribution >= 4 is 40.8 Å². The average Bonchev–Trinajstić information content (AvgIpc) is 2.96. The first kappa shape index (κ1) is 21.0. The molecule has 3 N–H and O–H groups in total. The van der Waals surface area contributed by atoms with E-state index in [0.717, 1.165) is 16.6 Å². The van der Waals surface area contributed by atoms with Gasteiger partial charge in [0, 0.05) is 42.3 Å². The van der Waals surface area contributed by atoms with Gasteiger partial charge in [0.15, 0.2) is 0 Å². The molecule has 2 amide bonds. The van der Waals surface area contributed by atoms with Crippen molar-refractivity contribution in [2.24, 2.45) is 5.73 Å². The summed E-state index contributed by atoms with van der Waals surface area (Å²) in [5.74, 6) is 0.0765. The van der Waals surface area contributed by atoms with E-state index in [1.807, 2.05) is 53.8 Å². The number of hydrogen-bond donors (Lipinski definition) is 2. The van der Waals surface area contributed by atoms with Crippen LogP contribution < -0.4 is 11.1 Å². The fourth-order valence-electron chi connectivity index (χ4n) is 2.72. The molecule has 138 valence electrons. The Morgan fingerprint density at radius 1 is 1.20 bits per heavy atom. The van der Waals surface area contributed by atoms with Crippen LogP contribution in [-0.4, -0.2) is 40.9 Å². The molecule has 2 rings (SSSR count). The number of benzene rings is 1. The zero-order valence-electron chi connectivity index (χ0n) is 14.8. The third-order valence-electron chi connectivity index (χ3n) is 4.08. The minimum atomic E-state index is -0.0315. The van der Waals surface area contributed by atoms with E-state index in [-0.39, 0.29) is 24.2 Å². The molecule has 2 aromatic rings. The number of carbonyl (C=O) groups excluding carboxylic acids is 2. The highest BCUT2D eigenvalue weighted by Crippen LogP contribution is 2.21. The summed E-state index contributed by atoms with van der Waals surface area (Å²) in [6.45, 7) is 6.23. The third kappa shape index (κ3) is 5.47. The van der Waals surface area contributed by atoms with Gasteiger partial charge >= 0.3 is 0 Å². The summed E-state index contributed by atoms with van der Waals surface area (Å²) < 4.78 is 1.94. The van der Waals surface area contributed by atoms with Crippen molar-refractivity contribution in [3.05, 3.63) is 30.5 Å². The van der Waals surface area contributed by atoms with Crippen molar-refractivity contribution < 1.29 is 9.59 Å². The molecule has 6 nitrogen and oxygen atoms in total. The lowest BCUT2D eigenvalue weighted by Gasteiger charge is -2.19. The predicted molar refractivity (Wildman–Crippen MR) is 104 cm³/mol. The lowest BCUT2D eigenvalue weighted by molar-refractivity contribution is -0.131. The van der Waals surface area contributed by atoms with Crippen LogP contribution in [0.1, 0.15) is 26.7 Å². The monoisotopic (exact) mass is 366 g/mol. The summed E-state index contributed by atoms with van der Waals surface area (Å²) in [6.07, 6.45) is 3.01. The second kappa shape index (κ2) is 10.1. The minimum absolute atomic E-state index is 0. The lowest BCUT2D eigenvalue weighted by Crippen LogP contribution is -2.33. The summed E-state index contributed by atoms with van der Waals surface area (Å²) >= 11 is 0. The maximum absolute atomic E-state index is 12.3. The largest absolute Gasteiger partial charge is 0.342 e. The molecule has 0 radical (unpaired) electrons. The first-order valence-electron chi connectivity index (χ1n) is 8.45. The highest BCUT2D eigenvalue weighted by atomic mass is 35.5. The summed E-state index contributed by atoms with van der Waals surface area (Å²) in [4.78, 5) is 25.9. The van der Waals surface area contributed by atoms with Gasteiger partial charge in [-0.15, -0.1) is 12.4 Å². The van der Waals surface area contributed by atoms with Crippen LogP contribution in [0.4, 0.5) is 5.69 Å². The summed E-state index contributed by atoms with van der Waals surface area (Å²) in [5, 5.41) is 3.88. The number of anilines is 1. The Hall–Kier alpha value is -2.05. The van der Waals surface area contributed by atoms with E-state index in [1.54, 1.807) is 0 Å². The summed E-state index contributed by atoms with van der Waals surface area (Å²) in [5.41, 5.74) is 7.16. The molecule has 0 unspecified atom stereocenters. The number of fused-ring (bicyclic) bond motifs is 1. The highest BCUT2D eigenvalue weighted by molar-refractivity contribution is 5.94. The van der Waals surface area contributed by atoms with E-state index < -0.39 is 0 Å². The molecule has 25 heavy (non-hydrogen) atoms. The van der Waals surface area contributed by atoms with Crippen LogP contribution in [0.3, 0.4) is 0 Å². The predicted octanol–water partition coefficient (Wildman–Crippen LogP) is 2.61. The normalized spacial score (nSPS) is 10.4. The van der Waals surface area contributed by atoms with Crippen LogP contribution in [0.15, 0.2) is 30.5 Å². The maximum atomic E-state index is 12.3. The number of carbonyl (C=O) groups is 2. The van der Waals surface area contributed by atoms with Gasteiger partial charge in [-0.25, -0.2) is 0 Å². The molecular weight excluding hydrogens is 340 g/mol. The Morgan fingerprint density at radius 3 is 2.56 bits per heavy atom. The van der Waals surface area contributed by atoms with Gasteiger partial charge in [0.2, 0.25) is 11.8 Å². The van der Waals surface area contributed by atoms with E-state index in [9.17, 15) is 9.59 Å². The fourth-order valence-corrected chi connectivity index (χ4v) is 2.72. The van der Waals surface area contributed by atoms with Gasteiger partial charge in [-0.05, 0) is 51.1 Å². The van der Waals surface area contributed by atoms with Gasteiger partial charge < -0.3 is 20.5 Å². The van der Waals surface area contributed by atoms with Crippen LogP contribution >= 0.6 is 12.4 Å². The Labute approximate surface area is 154 Å². The lowest BCUT2D eigenvalue weighted by atomic mass is 10.2. The molecule has 7 heteroatoms. The maximum Gasteiger partial charge on any atom is 0.242 e. The zero-order chi connectivity index (χ0) is 17.5. The van der Waals surface area contributed by atoms with E-state index in [4.69, 9.17) is 5.73 Å². The summed E-state index contributed by atoms with van der Waals surface area (Å²) in [6, 6.07) is 7.68. The molecular formula is C18H27ClN4O2. The average molecular weight is 367 g/mol. The molecule has 0 bridgehead atoms. The second-order valence-electron chi connectivity index (χ2n) is 5.72. The number of nitrogens with one attached hydrogen (secondary N) is 1. The van der Waals surface area contributed by atoms with Crippen LogP contribution in [-0.2, 0) is 16.1 Å². The number of aromatic nitrogens is 1. The highest BCUT2D eigenvalue weighted by Gasteiger charge is 2.12. The molecule has 0 fully saturated rings. The van der Waals surface area contributed by atoms with Crippen LogP contribution in [0, 0.1) is 0 Å². The van der Waals surface area contributed by atoms with Crippen molar-refractivity contribution in [3.8, 4) is 0 Å². The number of hydrogen-bond acceptors (Lipinski definition) is 3. The van der Waals surface area contributed by atoms with Crippen LogP contribution in [0.2, 0.25) is 0 Å². The molecule has 0 aliphatic carbocycles. The van der Waals surface area contributed by atoms with Crippen LogP contribution in [0.25, 0.3) is 10.9 Å². The SMILES string of the molecule is CCN(CC)C(=O)Cn1ccc2cc(NC(=O)CCCN)ccc21.Cl. The quantitative estimate of drug-likeness (QED) is 0.753. The van der Waals surface area contributed by atoms with Crippen LogP contribution in [0.5, 0.6) is 0 Å². The Bertz CT molecular complexity index is 710. The van der Waals surface area contributed by atoms with E-state index in [1.165, 1.54) is 0 Å². The fraction of sp³-hybridized carbons (Fsp3) is 0.444. The van der Waals surface area contributed by atoms with Gasteiger partial charge in [-0.1, -0.05) is 0 Å². The van der Waals surface area contributed by atoms with Crippen molar-refractivity contribution in [3.63, 3.8) is 0 Å². The number of amides is 2. The topological polar surface area (TPSA) is 80.4 Å². The van der Waals surface area contributed by atoms with Gasteiger partial charge in [0.25, 0.3) is 0 Å². The smallest absolute Gasteiger partial charge is 0.242 e. The third-order valence-corrected chi connectivity index (χ3v) is 4.08. The number of nitrogens with two attached hydrogens (primary N) is 1. The molecule has 0 atom stereocenters. The molecule has 1 heterocycles. The van der Waals surface area contributed by atoms with E-state index >= 15 is 0 Å². The molecule has 0 saturated carbocycles.